The fourth-order valence-electron chi connectivity index (χ4n) is 6.56. The molecule has 1 aromatic heterocycles. The summed E-state index contributed by atoms with van der Waals surface area (Å²) >= 11 is 0. The molecule has 0 aliphatic carbocycles. The van der Waals surface area contributed by atoms with E-state index in [4.69, 9.17) is 18.9 Å². The van der Waals surface area contributed by atoms with Gasteiger partial charge >= 0.3 is 0 Å². The topological polar surface area (TPSA) is 244 Å². The lowest BCUT2D eigenvalue weighted by molar-refractivity contribution is -0.323. The largest absolute Gasteiger partial charge is 0.462 e. The quantitative estimate of drug-likeness (QED) is 0.0599. The maximum atomic E-state index is 12.4. The minimum Gasteiger partial charge on any atom is -0.462 e. The number of aliphatic hydroxyl groups is 8. The van der Waals surface area contributed by atoms with Crippen molar-refractivity contribution in [2.75, 3.05) is 19.8 Å². The maximum absolute atomic E-state index is 12.4. The van der Waals surface area contributed by atoms with Crippen molar-refractivity contribution in [3.63, 3.8) is 0 Å². The molecule has 0 radical (unpaired) electrons. The number of rotatable bonds is 22. The second-order valence-corrected chi connectivity index (χ2v) is 14.2. The number of H-pyrrole nitrogens is 1. The summed E-state index contributed by atoms with van der Waals surface area (Å²) in [5, 5.41) is 84.5. The zero-order valence-electron chi connectivity index (χ0n) is 30.5. The van der Waals surface area contributed by atoms with Crippen molar-refractivity contribution in [3.8, 4) is 5.75 Å². The van der Waals surface area contributed by atoms with Crippen LogP contribution in [0.15, 0.2) is 36.5 Å². The number of nitrogens with one attached hydrogen (secondary N) is 2. The number of aromatic amines is 1. The van der Waals surface area contributed by atoms with E-state index in [1.165, 1.54) is 0 Å². The van der Waals surface area contributed by atoms with Gasteiger partial charge in [-0.05, 0) is 75.6 Å². The minimum atomic E-state index is -1.68. The fourth-order valence-corrected chi connectivity index (χ4v) is 6.56. The van der Waals surface area contributed by atoms with Gasteiger partial charge in [-0.2, -0.15) is 0 Å². The van der Waals surface area contributed by atoms with E-state index in [0.717, 1.165) is 80.7 Å². The molecule has 2 aliphatic heterocycles. The molecule has 2 saturated heterocycles. The molecular formula is C38H60N2O13. The van der Waals surface area contributed by atoms with Crippen molar-refractivity contribution in [2.45, 2.75) is 151 Å². The third-order valence-electron chi connectivity index (χ3n) is 9.83. The standard InChI is InChI=1S/C38H60N2O13/c1-23(42)13-11-9-7-5-3-2-4-6-8-10-12-14-30(43)39-18-17-24-20-40-27-16-15-25(19-26(24)27)51-38-36(49)34(47)32(45)29(53-38)22-50-37-35(48)33(46)31(44)28(21-41)52-37/h3,5,15-16,19-20,23,28-29,31-38,40-42,44-49H,2,4,6-14,17-18,21-22H2,1H3,(H,39,43)/b5-3-. The third-order valence-corrected chi connectivity index (χ3v) is 9.83. The zero-order chi connectivity index (χ0) is 38.3. The molecule has 11 atom stereocenters. The van der Waals surface area contributed by atoms with Crippen LogP contribution in [0.4, 0.5) is 0 Å². The Labute approximate surface area is 310 Å². The van der Waals surface area contributed by atoms with Crippen molar-refractivity contribution >= 4 is 16.8 Å². The van der Waals surface area contributed by atoms with E-state index in [9.17, 15) is 45.6 Å². The third kappa shape index (κ3) is 13.0. The highest BCUT2D eigenvalue weighted by Gasteiger charge is 2.48. The summed E-state index contributed by atoms with van der Waals surface area (Å²) in [6.45, 7) is 1.16. The summed E-state index contributed by atoms with van der Waals surface area (Å²) in [6, 6.07) is 5.17. The van der Waals surface area contributed by atoms with E-state index in [1.54, 1.807) is 18.2 Å². The number of unbranched alkanes of at least 4 members (excludes halogenated alkanes) is 7. The Kier molecular flexibility index (Phi) is 17.9. The summed E-state index contributed by atoms with van der Waals surface area (Å²) in [5.41, 5.74) is 1.76. The average molecular weight is 753 g/mol. The Hall–Kier alpha value is -2.67. The first kappa shape index (κ1) is 43.1. The van der Waals surface area contributed by atoms with E-state index in [0.29, 0.717) is 25.1 Å². The second kappa shape index (κ2) is 22.0. The van der Waals surface area contributed by atoms with Crippen LogP contribution in [0, 0.1) is 0 Å². The first-order valence-electron chi connectivity index (χ1n) is 19.0. The molecule has 10 N–H and O–H groups in total. The van der Waals surface area contributed by atoms with Crippen molar-refractivity contribution in [2.24, 2.45) is 0 Å². The SMILES string of the molecule is CC(O)CCCC/C=C\CCCCCCCC(=O)NCCc1c[nH]c2ccc(OC3OC(COC4OC(CO)C(O)C(O)C4O)C(O)C(O)C3O)cc12. The van der Waals surface area contributed by atoms with Gasteiger partial charge in [-0.25, -0.2) is 0 Å². The number of aromatic nitrogens is 1. The summed E-state index contributed by atoms with van der Waals surface area (Å²) in [4.78, 5) is 15.6. The number of ether oxygens (including phenoxy) is 4. The van der Waals surface area contributed by atoms with Gasteiger partial charge < -0.3 is 70.1 Å². The lowest BCUT2D eigenvalue weighted by atomic mass is 9.98. The van der Waals surface area contributed by atoms with Crippen molar-refractivity contribution < 1.29 is 64.6 Å². The van der Waals surface area contributed by atoms with Crippen LogP contribution in [0.1, 0.15) is 83.1 Å². The number of carbonyl (C=O) groups is 1. The number of amides is 1. The van der Waals surface area contributed by atoms with Crippen LogP contribution in [-0.2, 0) is 25.4 Å². The number of fused-ring (bicyclic) bond motifs is 1. The first-order chi connectivity index (χ1) is 25.5. The Morgan fingerprint density at radius 3 is 2.21 bits per heavy atom. The molecule has 2 aromatic rings. The lowest BCUT2D eigenvalue weighted by Gasteiger charge is -2.42. The Morgan fingerprint density at radius 2 is 1.49 bits per heavy atom. The van der Waals surface area contributed by atoms with E-state index in [2.05, 4.69) is 22.5 Å². The molecule has 0 spiro atoms. The molecule has 0 bridgehead atoms. The van der Waals surface area contributed by atoms with Crippen molar-refractivity contribution in [3.05, 3.63) is 42.1 Å². The van der Waals surface area contributed by atoms with Gasteiger partial charge in [0.2, 0.25) is 12.2 Å². The van der Waals surface area contributed by atoms with E-state index in [1.807, 2.05) is 13.1 Å². The average Bonchev–Trinajstić information content (AvgIpc) is 3.54. The Bertz CT molecular complexity index is 1390. The molecule has 15 nitrogen and oxygen atoms in total. The van der Waals surface area contributed by atoms with Gasteiger partial charge in [0, 0.05) is 30.1 Å². The predicted molar refractivity (Wildman–Crippen MR) is 194 cm³/mol. The summed E-state index contributed by atoms with van der Waals surface area (Å²) in [7, 11) is 0. The molecule has 2 fully saturated rings. The molecule has 53 heavy (non-hydrogen) atoms. The number of hydrogen-bond acceptors (Lipinski definition) is 13. The van der Waals surface area contributed by atoms with Crippen LogP contribution in [-0.4, -0.2) is 139 Å². The molecular weight excluding hydrogens is 692 g/mol. The molecule has 300 valence electrons. The Morgan fingerprint density at radius 1 is 0.849 bits per heavy atom. The van der Waals surface area contributed by atoms with Crippen molar-refractivity contribution in [1.82, 2.24) is 10.3 Å². The fraction of sp³-hybridized carbons (Fsp3) is 0.711. The van der Waals surface area contributed by atoms with Gasteiger partial charge in [0.05, 0.1) is 19.3 Å². The normalized spacial score (nSPS) is 29.8. The van der Waals surface area contributed by atoms with Gasteiger partial charge in [0.25, 0.3) is 0 Å². The number of hydrogen-bond donors (Lipinski definition) is 10. The van der Waals surface area contributed by atoms with Gasteiger partial charge in [-0.1, -0.05) is 37.8 Å². The highest BCUT2D eigenvalue weighted by atomic mass is 16.7. The van der Waals surface area contributed by atoms with Crippen LogP contribution in [0.25, 0.3) is 10.9 Å². The van der Waals surface area contributed by atoms with Gasteiger partial charge in [0.15, 0.2) is 6.29 Å². The highest BCUT2D eigenvalue weighted by molar-refractivity contribution is 5.84. The summed E-state index contributed by atoms with van der Waals surface area (Å²) in [6.07, 6.45) is 2.44. The van der Waals surface area contributed by atoms with Gasteiger partial charge in [0.1, 0.15) is 54.6 Å². The van der Waals surface area contributed by atoms with Crippen LogP contribution in [0.5, 0.6) is 5.75 Å². The number of allylic oxidation sites excluding steroid dienone is 2. The predicted octanol–water partition coefficient (Wildman–Crippen LogP) is 1.06. The van der Waals surface area contributed by atoms with Gasteiger partial charge in [-0.15, -0.1) is 0 Å². The zero-order valence-corrected chi connectivity index (χ0v) is 30.5. The van der Waals surface area contributed by atoms with Crippen LogP contribution in [0.2, 0.25) is 0 Å². The number of benzene rings is 1. The Balaban J connectivity index is 1.17. The molecule has 2 aliphatic rings. The number of aliphatic hydroxyl groups excluding tert-OH is 8. The van der Waals surface area contributed by atoms with E-state index in [-0.39, 0.29) is 12.0 Å². The molecule has 0 saturated carbocycles. The summed E-state index contributed by atoms with van der Waals surface area (Å²) in [5.74, 6) is 0.324. The molecule has 1 amide bonds. The molecule has 3 heterocycles. The highest BCUT2D eigenvalue weighted by Crippen LogP contribution is 2.29. The van der Waals surface area contributed by atoms with Crippen LogP contribution >= 0.6 is 0 Å². The van der Waals surface area contributed by atoms with Crippen LogP contribution < -0.4 is 10.1 Å². The molecule has 15 heteroatoms. The minimum absolute atomic E-state index is 0.0154. The number of carbonyl (C=O) groups excluding carboxylic acids is 1. The summed E-state index contributed by atoms with van der Waals surface area (Å²) < 4.78 is 22.5. The first-order valence-corrected chi connectivity index (χ1v) is 19.0. The maximum Gasteiger partial charge on any atom is 0.229 e. The molecule has 1 aromatic carbocycles. The molecule has 4 rings (SSSR count). The lowest BCUT2D eigenvalue weighted by Crippen LogP contribution is -2.62. The van der Waals surface area contributed by atoms with E-state index >= 15 is 0 Å². The van der Waals surface area contributed by atoms with Gasteiger partial charge in [-0.3, -0.25) is 4.79 Å². The van der Waals surface area contributed by atoms with Crippen LogP contribution in [0.3, 0.4) is 0 Å². The van der Waals surface area contributed by atoms with Crippen molar-refractivity contribution in [1.29, 1.82) is 0 Å². The monoisotopic (exact) mass is 752 g/mol. The molecule has 11 unspecified atom stereocenters. The van der Waals surface area contributed by atoms with E-state index < -0.39 is 74.6 Å². The smallest absolute Gasteiger partial charge is 0.229 e. The second-order valence-electron chi connectivity index (χ2n) is 14.2.